The van der Waals surface area contributed by atoms with Crippen LogP contribution in [0.1, 0.15) is 39.0 Å². The Bertz CT molecular complexity index is 155. The van der Waals surface area contributed by atoms with Gasteiger partial charge < -0.3 is 0 Å². The Morgan fingerprint density at radius 2 is 2.33 bits per heavy atom. The number of rotatable bonds is 0. The molecule has 0 bridgehead atoms. The molecule has 1 saturated carbocycles. The Labute approximate surface area is 57.0 Å². The monoisotopic (exact) mass is 122 g/mol. The maximum absolute atomic E-state index is 2.47. The van der Waals surface area contributed by atoms with E-state index in [9.17, 15) is 0 Å². The van der Waals surface area contributed by atoms with Gasteiger partial charge in [0, 0.05) is 0 Å². The van der Waals surface area contributed by atoms with Gasteiger partial charge in [-0.15, -0.1) is 0 Å². The minimum Gasteiger partial charge on any atom is -0.0847 e. The first-order chi connectivity index (χ1) is 4.31. The first-order valence-corrected chi connectivity index (χ1v) is 4.01. The summed E-state index contributed by atoms with van der Waals surface area (Å²) in [5.74, 6) is 0. The summed E-state index contributed by atoms with van der Waals surface area (Å²) in [5.41, 5.74) is 2.43. The summed E-state index contributed by atoms with van der Waals surface area (Å²) in [6, 6.07) is 0. The van der Waals surface area contributed by atoms with Crippen molar-refractivity contribution in [3.8, 4) is 0 Å². The van der Waals surface area contributed by atoms with Crippen molar-refractivity contribution in [1.29, 1.82) is 0 Å². The van der Waals surface area contributed by atoms with E-state index in [1.165, 1.54) is 32.1 Å². The Hall–Kier alpha value is -0.260. The maximum atomic E-state index is 2.47. The zero-order valence-corrected chi connectivity index (χ0v) is 6.11. The third-order valence-electron chi connectivity index (χ3n) is 3.04. The van der Waals surface area contributed by atoms with Gasteiger partial charge in [0.25, 0.3) is 0 Å². The van der Waals surface area contributed by atoms with Crippen LogP contribution in [0.25, 0.3) is 0 Å². The molecular formula is C9H14. The quantitative estimate of drug-likeness (QED) is 0.433. The lowest BCUT2D eigenvalue weighted by atomic mass is 9.86. The summed E-state index contributed by atoms with van der Waals surface area (Å²) in [6.07, 6.45) is 9.55. The highest BCUT2D eigenvalue weighted by molar-refractivity contribution is 5.22. The van der Waals surface area contributed by atoms with E-state index in [1.54, 1.807) is 5.57 Å². The van der Waals surface area contributed by atoms with Gasteiger partial charge in [0.1, 0.15) is 0 Å². The van der Waals surface area contributed by atoms with Crippen molar-refractivity contribution >= 4 is 0 Å². The zero-order valence-electron chi connectivity index (χ0n) is 6.11. The highest BCUT2D eigenvalue weighted by Gasteiger charge is 2.35. The Kier molecular flexibility index (Phi) is 0.992. The molecule has 9 heavy (non-hydrogen) atoms. The van der Waals surface area contributed by atoms with Gasteiger partial charge in [0.15, 0.2) is 0 Å². The van der Waals surface area contributed by atoms with Gasteiger partial charge in [-0.05, 0) is 37.5 Å². The topological polar surface area (TPSA) is 0 Å². The molecule has 2 aliphatic carbocycles. The van der Waals surface area contributed by atoms with Crippen LogP contribution >= 0.6 is 0 Å². The van der Waals surface area contributed by atoms with Gasteiger partial charge in [-0.2, -0.15) is 0 Å². The summed E-state index contributed by atoms with van der Waals surface area (Å²) in [5, 5.41) is 0. The molecule has 0 aromatic heterocycles. The summed E-state index contributed by atoms with van der Waals surface area (Å²) in [7, 11) is 0. The smallest absolute Gasteiger partial charge is 0.0113 e. The standard InChI is InChI=1S/C9H14/c1-9-6-2-4-8(9)5-3-7-9/h4H,2-3,5-7H2,1H3. The first-order valence-electron chi connectivity index (χ1n) is 4.01. The molecule has 50 valence electrons. The summed E-state index contributed by atoms with van der Waals surface area (Å²) in [4.78, 5) is 0. The summed E-state index contributed by atoms with van der Waals surface area (Å²) < 4.78 is 0. The molecule has 0 heteroatoms. The van der Waals surface area contributed by atoms with Gasteiger partial charge >= 0.3 is 0 Å². The lowest BCUT2D eigenvalue weighted by molar-refractivity contribution is 0.403. The molecule has 1 unspecified atom stereocenters. The predicted molar refractivity (Wildman–Crippen MR) is 39.3 cm³/mol. The van der Waals surface area contributed by atoms with Crippen LogP contribution in [0.2, 0.25) is 0 Å². The molecule has 2 aliphatic rings. The Morgan fingerprint density at radius 1 is 1.44 bits per heavy atom. The van der Waals surface area contributed by atoms with Crippen LogP contribution in [-0.2, 0) is 0 Å². The highest BCUT2D eigenvalue weighted by atomic mass is 14.4. The van der Waals surface area contributed by atoms with Gasteiger partial charge in [-0.1, -0.05) is 18.6 Å². The fraction of sp³-hybridized carbons (Fsp3) is 0.778. The molecule has 1 atom stereocenters. The molecule has 0 nitrogen and oxygen atoms in total. The molecule has 0 saturated heterocycles. The molecule has 2 rings (SSSR count). The van der Waals surface area contributed by atoms with Crippen molar-refractivity contribution < 1.29 is 0 Å². The fourth-order valence-corrected chi connectivity index (χ4v) is 2.33. The molecule has 0 N–H and O–H groups in total. The van der Waals surface area contributed by atoms with E-state index >= 15 is 0 Å². The van der Waals surface area contributed by atoms with E-state index < -0.39 is 0 Å². The van der Waals surface area contributed by atoms with Crippen LogP contribution in [-0.4, -0.2) is 0 Å². The zero-order chi connectivity index (χ0) is 6.32. The third-order valence-corrected chi connectivity index (χ3v) is 3.04. The van der Waals surface area contributed by atoms with Crippen molar-refractivity contribution in [2.75, 3.05) is 0 Å². The molecule has 0 amide bonds. The van der Waals surface area contributed by atoms with Crippen LogP contribution in [0.3, 0.4) is 0 Å². The molecule has 0 heterocycles. The van der Waals surface area contributed by atoms with Crippen molar-refractivity contribution in [3.63, 3.8) is 0 Å². The average molecular weight is 122 g/mol. The molecule has 0 aliphatic heterocycles. The van der Waals surface area contributed by atoms with Crippen LogP contribution in [0, 0.1) is 5.41 Å². The normalized spacial score (nSPS) is 40.8. The van der Waals surface area contributed by atoms with E-state index in [1.807, 2.05) is 0 Å². The van der Waals surface area contributed by atoms with Crippen LogP contribution in [0.5, 0.6) is 0 Å². The first kappa shape index (κ1) is 5.52. The van der Waals surface area contributed by atoms with E-state index in [0.717, 1.165) is 0 Å². The van der Waals surface area contributed by atoms with E-state index in [0.29, 0.717) is 5.41 Å². The largest absolute Gasteiger partial charge is 0.0847 e. The van der Waals surface area contributed by atoms with E-state index in [4.69, 9.17) is 0 Å². The Morgan fingerprint density at radius 3 is 3.11 bits per heavy atom. The van der Waals surface area contributed by atoms with Gasteiger partial charge in [-0.3, -0.25) is 0 Å². The molecule has 1 fully saturated rings. The minimum atomic E-state index is 0.667. The van der Waals surface area contributed by atoms with Gasteiger partial charge in [-0.25, -0.2) is 0 Å². The molecule has 0 aromatic carbocycles. The Balaban J connectivity index is 2.31. The maximum Gasteiger partial charge on any atom is -0.0113 e. The highest BCUT2D eigenvalue weighted by Crippen LogP contribution is 2.49. The number of fused-ring (bicyclic) bond motifs is 1. The predicted octanol–water partition coefficient (Wildman–Crippen LogP) is 2.90. The van der Waals surface area contributed by atoms with Crippen LogP contribution < -0.4 is 0 Å². The third kappa shape index (κ3) is 0.654. The van der Waals surface area contributed by atoms with Crippen molar-refractivity contribution in [3.05, 3.63) is 11.6 Å². The van der Waals surface area contributed by atoms with Crippen molar-refractivity contribution in [1.82, 2.24) is 0 Å². The summed E-state index contributed by atoms with van der Waals surface area (Å²) >= 11 is 0. The number of hydrogen-bond acceptors (Lipinski definition) is 0. The summed E-state index contributed by atoms with van der Waals surface area (Å²) in [6.45, 7) is 2.43. The van der Waals surface area contributed by atoms with Crippen molar-refractivity contribution in [2.24, 2.45) is 5.41 Å². The number of hydrogen-bond donors (Lipinski definition) is 0. The van der Waals surface area contributed by atoms with Crippen LogP contribution in [0.4, 0.5) is 0 Å². The molecule has 0 spiro atoms. The van der Waals surface area contributed by atoms with Gasteiger partial charge in [0.2, 0.25) is 0 Å². The SMILES string of the molecule is CC12CCC=C1CCC2. The second kappa shape index (κ2) is 1.62. The van der Waals surface area contributed by atoms with E-state index in [2.05, 4.69) is 13.0 Å². The molecular weight excluding hydrogens is 108 g/mol. The lowest BCUT2D eigenvalue weighted by Gasteiger charge is -2.19. The van der Waals surface area contributed by atoms with Gasteiger partial charge in [0.05, 0.1) is 0 Å². The molecule has 0 radical (unpaired) electrons. The number of allylic oxidation sites excluding steroid dienone is 2. The molecule has 0 aromatic rings. The second-order valence-electron chi connectivity index (χ2n) is 3.68. The van der Waals surface area contributed by atoms with Crippen molar-refractivity contribution in [2.45, 2.75) is 39.0 Å². The second-order valence-corrected chi connectivity index (χ2v) is 3.68. The fourth-order valence-electron chi connectivity index (χ4n) is 2.33. The lowest BCUT2D eigenvalue weighted by Crippen LogP contribution is -2.07. The van der Waals surface area contributed by atoms with E-state index in [-0.39, 0.29) is 0 Å². The average Bonchev–Trinajstić information content (AvgIpc) is 2.22. The van der Waals surface area contributed by atoms with Crippen LogP contribution in [0.15, 0.2) is 11.6 Å². The minimum absolute atomic E-state index is 0.667.